The van der Waals surface area contributed by atoms with Crippen molar-refractivity contribution in [1.29, 1.82) is 0 Å². The molecule has 0 unspecified atom stereocenters. The molecule has 0 bridgehead atoms. The molecule has 1 atom stereocenters. The first-order valence-corrected chi connectivity index (χ1v) is 5.15. The molecule has 84 valence electrons. The normalized spacial score (nSPS) is 12.9. The Morgan fingerprint density at radius 3 is 2.87 bits per heavy atom. The third-order valence-corrected chi connectivity index (χ3v) is 2.37. The molecule has 5 nitrogen and oxygen atoms in total. The van der Waals surface area contributed by atoms with Gasteiger partial charge in [0.15, 0.2) is 0 Å². The largest absolute Gasteiger partial charge is 0.320 e. The topological polar surface area (TPSA) is 83.8 Å². The predicted molar refractivity (Wildman–Crippen MR) is 59.4 cm³/mol. The van der Waals surface area contributed by atoms with E-state index in [-0.39, 0.29) is 11.8 Å². The maximum atomic E-state index is 11.6. The van der Waals surface area contributed by atoms with Crippen LogP contribution >= 0.6 is 0 Å². The van der Waals surface area contributed by atoms with Gasteiger partial charge >= 0.3 is 0 Å². The minimum Gasteiger partial charge on any atom is -0.320 e. The zero-order valence-corrected chi connectivity index (χ0v) is 9.37. The van der Waals surface area contributed by atoms with Crippen molar-refractivity contribution in [3.63, 3.8) is 0 Å². The Balaban J connectivity index is 2.66. The molecule has 0 aromatic carbocycles. The first kappa shape index (κ1) is 11.7. The van der Waals surface area contributed by atoms with Crippen molar-refractivity contribution in [3.05, 3.63) is 11.8 Å². The second kappa shape index (κ2) is 4.93. The van der Waals surface area contributed by atoms with Crippen LogP contribution in [0.1, 0.15) is 26.3 Å². The van der Waals surface area contributed by atoms with E-state index < -0.39 is 6.04 Å². The highest BCUT2D eigenvalue weighted by molar-refractivity contribution is 5.94. The lowest BCUT2D eigenvalue weighted by Gasteiger charge is -2.14. The van der Waals surface area contributed by atoms with Crippen LogP contribution < -0.4 is 11.1 Å². The monoisotopic (exact) mass is 210 g/mol. The summed E-state index contributed by atoms with van der Waals surface area (Å²) >= 11 is 0. The molecular weight excluding hydrogens is 192 g/mol. The molecule has 0 aliphatic carbocycles. The summed E-state index contributed by atoms with van der Waals surface area (Å²) < 4.78 is 0. The van der Waals surface area contributed by atoms with Gasteiger partial charge in [0.1, 0.15) is 5.82 Å². The zero-order valence-electron chi connectivity index (χ0n) is 9.37. The average molecular weight is 210 g/mol. The molecule has 1 aromatic heterocycles. The number of aromatic amines is 1. The standard InChI is InChI=1S/C10H18N4O/c1-4-7-5-12-14-9(7)13-10(15)8(11)6(2)3/h5-6,8H,4,11H2,1-3H3,(H2,12,13,14,15)/t8-/m0/s1. The van der Waals surface area contributed by atoms with Crippen molar-refractivity contribution in [1.82, 2.24) is 10.2 Å². The van der Waals surface area contributed by atoms with E-state index in [1.54, 1.807) is 6.20 Å². The molecule has 1 aromatic rings. The SMILES string of the molecule is CCc1cn[nH]c1NC(=O)[C@@H](N)C(C)C. The lowest BCUT2D eigenvalue weighted by molar-refractivity contribution is -0.118. The summed E-state index contributed by atoms with van der Waals surface area (Å²) in [5.74, 6) is 0.598. The predicted octanol–water partition coefficient (Wildman–Crippen LogP) is 0.894. The van der Waals surface area contributed by atoms with E-state index in [2.05, 4.69) is 15.5 Å². The van der Waals surface area contributed by atoms with Crippen LogP contribution in [0.25, 0.3) is 0 Å². The quantitative estimate of drug-likeness (QED) is 0.690. The molecule has 0 saturated heterocycles. The maximum absolute atomic E-state index is 11.6. The van der Waals surface area contributed by atoms with E-state index in [1.807, 2.05) is 20.8 Å². The zero-order chi connectivity index (χ0) is 11.4. The minimum atomic E-state index is -0.488. The Bertz CT molecular complexity index is 332. The van der Waals surface area contributed by atoms with Crippen LogP contribution in [0.5, 0.6) is 0 Å². The number of nitrogens with one attached hydrogen (secondary N) is 2. The lowest BCUT2D eigenvalue weighted by atomic mass is 10.1. The molecule has 1 amide bonds. The fraction of sp³-hybridized carbons (Fsp3) is 0.600. The summed E-state index contributed by atoms with van der Waals surface area (Å²) in [5.41, 5.74) is 6.71. The van der Waals surface area contributed by atoms with Crippen molar-refractivity contribution >= 4 is 11.7 Å². The van der Waals surface area contributed by atoms with Gasteiger partial charge in [0, 0.05) is 5.56 Å². The molecule has 0 fully saturated rings. The number of nitrogens with zero attached hydrogens (tertiary/aromatic N) is 1. The number of aryl methyl sites for hydroxylation is 1. The summed E-state index contributed by atoms with van der Waals surface area (Å²) in [7, 11) is 0. The van der Waals surface area contributed by atoms with Gasteiger partial charge in [-0.05, 0) is 12.3 Å². The Morgan fingerprint density at radius 1 is 1.67 bits per heavy atom. The smallest absolute Gasteiger partial charge is 0.242 e. The Kier molecular flexibility index (Phi) is 3.85. The number of H-pyrrole nitrogens is 1. The van der Waals surface area contributed by atoms with Gasteiger partial charge in [-0.1, -0.05) is 20.8 Å². The molecule has 0 radical (unpaired) electrons. The van der Waals surface area contributed by atoms with Crippen molar-refractivity contribution < 1.29 is 4.79 Å². The summed E-state index contributed by atoms with van der Waals surface area (Å²) in [6, 6.07) is -0.488. The van der Waals surface area contributed by atoms with Crippen LogP contribution in [0.15, 0.2) is 6.20 Å². The van der Waals surface area contributed by atoms with Gasteiger partial charge in [-0.15, -0.1) is 0 Å². The number of nitrogens with two attached hydrogens (primary N) is 1. The number of aromatic nitrogens is 2. The van der Waals surface area contributed by atoms with Crippen LogP contribution in [-0.4, -0.2) is 22.1 Å². The van der Waals surface area contributed by atoms with Gasteiger partial charge < -0.3 is 11.1 Å². The molecule has 0 aliphatic rings. The molecule has 0 aliphatic heterocycles. The van der Waals surface area contributed by atoms with Gasteiger partial charge in [-0.25, -0.2) is 0 Å². The van der Waals surface area contributed by atoms with E-state index in [1.165, 1.54) is 0 Å². The number of amides is 1. The fourth-order valence-corrected chi connectivity index (χ4v) is 1.20. The molecule has 0 saturated carbocycles. The molecule has 5 heteroatoms. The van der Waals surface area contributed by atoms with Crippen LogP contribution in [0.2, 0.25) is 0 Å². The summed E-state index contributed by atoms with van der Waals surface area (Å²) in [6.07, 6.45) is 2.53. The number of rotatable bonds is 4. The molecule has 1 heterocycles. The van der Waals surface area contributed by atoms with Crippen LogP contribution in [0.4, 0.5) is 5.82 Å². The van der Waals surface area contributed by atoms with Crippen LogP contribution in [-0.2, 0) is 11.2 Å². The molecule has 4 N–H and O–H groups in total. The van der Waals surface area contributed by atoms with Gasteiger partial charge in [0.25, 0.3) is 0 Å². The van der Waals surface area contributed by atoms with Crippen LogP contribution in [0.3, 0.4) is 0 Å². The Labute approximate surface area is 89.4 Å². The molecular formula is C10H18N4O. The molecule has 1 rings (SSSR count). The molecule has 0 spiro atoms. The van der Waals surface area contributed by atoms with E-state index in [4.69, 9.17) is 5.73 Å². The highest BCUT2D eigenvalue weighted by Gasteiger charge is 2.18. The third kappa shape index (κ3) is 2.79. The number of anilines is 1. The highest BCUT2D eigenvalue weighted by Crippen LogP contribution is 2.12. The lowest BCUT2D eigenvalue weighted by Crippen LogP contribution is -2.40. The second-order valence-corrected chi connectivity index (χ2v) is 3.88. The van der Waals surface area contributed by atoms with Crippen molar-refractivity contribution in [3.8, 4) is 0 Å². The fourth-order valence-electron chi connectivity index (χ4n) is 1.20. The van der Waals surface area contributed by atoms with E-state index in [0.717, 1.165) is 12.0 Å². The first-order chi connectivity index (χ1) is 7.06. The Hall–Kier alpha value is -1.36. The van der Waals surface area contributed by atoms with Gasteiger partial charge in [0.05, 0.1) is 12.2 Å². The van der Waals surface area contributed by atoms with Gasteiger partial charge in [0.2, 0.25) is 5.91 Å². The van der Waals surface area contributed by atoms with Crippen LogP contribution in [0, 0.1) is 5.92 Å². The highest BCUT2D eigenvalue weighted by atomic mass is 16.2. The third-order valence-electron chi connectivity index (χ3n) is 2.37. The summed E-state index contributed by atoms with van der Waals surface area (Å²) in [5, 5.41) is 9.35. The number of carbonyl (C=O) groups is 1. The Morgan fingerprint density at radius 2 is 2.33 bits per heavy atom. The maximum Gasteiger partial charge on any atom is 0.242 e. The number of hydrogen-bond acceptors (Lipinski definition) is 3. The number of hydrogen-bond donors (Lipinski definition) is 3. The molecule has 15 heavy (non-hydrogen) atoms. The summed E-state index contributed by atoms with van der Waals surface area (Å²) in [6.45, 7) is 5.83. The van der Waals surface area contributed by atoms with E-state index in [9.17, 15) is 4.79 Å². The number of carbonyl (C=O) groups excluding carboxylic acids is 1. The average Bonchev–Trinajstić information content (AvgIpc) is 2.63. The van der Waals surface area contributed by atoms with Crippen molar-refractivity contribution in [2.24, 2.45) is 11.7 Å². The van der Waals surface area contributed by atoms with E-state index in [0.29, 0.717) is 5.82 Å². The van der Waals surface area contributed by atoms with Crippen molar-refractivity contribution in [2.75, 3.05) is 5.32 Å². The van der Waals surface area contributed by atoms with E-state index >= 15 is 0 Å². The minimum absolute atomic E-state index is 0.123. The summed E-state index contributed by atoms with van der Waals surface area (Å²) in [4.78, 5) is 11.6. The van der Waals surface area contributed by atoms with Gasteiger partial charge in [-0.2, -0.15) is 5.10 Å². The van der Waals surface area contributed by atoms with Gasteiger partial charge in [-0.3, -0.25) is 9.89 Å². The first-order valence-electron chi connectivity index (χ1n) is 5.15. The van der Waals surface area contributed by atoms with Crippen molar-refractivity contribution in [2.45, 2.75) is 33.2 Å². The second-order valence-electron chi connectivity index (χ2n) is 3.88.